The fraction of sp³-hybridized carbons (Fsp3) is 0.800. The van der Waals surface area contributed by atoms with Crippen LogP contribution in [0.2, 0.25) is 0 Å². The molecule has 1 aliphatic carbocycles. The van der Waals surface area contributed by atoms with Crippen molar-refractivity contribution in [2.45, 2.75) is 51.6 Å². The number of allylic oxidation sites excluding steroid dienone is 2. The highest BCUT2D eigenvalue weighted by Gasteiger charge is 2.19. The van der Waals surface area contributed by atoms with Crippen LogP contribution >= 0.6 is 0 Å². The van der Waals surface area contributed by atoms with Gasteiger partial charge in [0, 0.05) is 0 Å². The molecule has 0 heterocycles. The summed E-state index contributed by atoms with van der Waals surface area (Å²) in [5, 5.41) is 9.74. The van der Waals surface area contributed by atoms with Crippen molar-refractivity contribution in [3.63, 3.8) is 0 Å². The lowest BCUT2D eigenvalue weighted by Gasteiger charge is -2.24. The first-order valence-electron chi connectivity index (χ1n) is 4.48. The van der Waals surface area contributed by atoms with Gasteiger partial charge in [0.15, 0.2) is 0 Å². The van der Waals surface area contributed by atoms with Gasteiger partial charge in [0.25, 0.3) is 0 Å². The van der Waals surface area contributed by atoms with E-state index in [2.05, 4.69) is 13.0 Å². The van der Waals surface area contributed by atoms with Gasteiger partial charge in [-0.25, -0.2) is 0 Å². The molecule has 0 saturated heterocycles. The van der Waals surface area contributed by atoms with E-state index in [1.54, 1.807) is 0 Å². The van der Waals surface area contributed by atoms with E-state index >= 15 is 0 Å². The summed E-state index contributed by atoms with van der Waals surface area (Å²) in [6.07, 6.45) is 7.47. The van der Waals surface area contributed by atoms with Gasteiger partial charge in [0.1, 0.15) is 0 Å². The normalized spacial score (nSPS) is 38.6. The van der Waals surface area contributed by atoms with Gasteiger partial charge in [-0.2, -0.15) is 0 Å². The molecule has 1 aliphatic rings. The Bertz CT molecular complexity index is 156. The minimum Gasteiger partial charge on any atom is -0.390 e. The molecule has 0 fully saturated rings. The molecule has 1 atom stereocenters. The minimum absolute atomic E-state index is 0.406. The molecule has 0 spiro atoms. The van der Waals surface area contributed by atoms with E-state index in [4.69, 9.17) is 0 Å². The molecule has 1 rings (SSSR count). The molecule has 1 nitrogen and oxygen atoms in total. The van der Waals surface area contributed by atoms with E-state index in [0.29, 0.717) is 0 Å². The predicted molar refractivity (Wildman–Crippen MR) is 47.5 cm³/mol. The Balaban J connectivity index is 2.50. The number of rotatable bonds is 0. The SMILES string of the molecule is C/C1=C/CCC(C)(O)CCC1. The highest BCUT2D eigenvalue weighted by atomic mass is 16.3. The second-order valence-electron chi connectivity index (χ2n) is 3.94. The number of hydrogen-bond acceptors (Lipinski definition) is 1. The summed E-state index contributed by atoms with van der Waals surface area (Å²) in [6.45, 7) is 4.13. The first-order chi connectivity index (χ1) is 5.10. The van der Waals surface area contributed by atoms with Gasteiger partial charge < -0.3 is 5.11 Å². The van der Waals surface area contributed by atoms with Crippen molar-refractivity contribution < 1.29 is 5.11 Å². The second kappa shape index (κ2) is 3.40. The summed E-state index contributed by atoms with van der Waals surface area (Å²) >= 11 is 0. The Hall–Kier alpha value is -0.300. The van der Waals surface area contributed by atoms with Crippen molar-refractivity contribution in [3.05, 3.63) is 11.6 Å². The molecular weight excluding hydrogens is 136 g/mol. The summed E-state index contributed by atoms with van der Waals surface area (Å²) < 4.78 is 0. The number of hydrogen-bond donors (Lipinski definition) is 1. The van der Waals surface area contributed by atoms with Crippen molar-refractivity contribution >= 4 is 0 Å². The smallest absolute Gasteiger partial charge is 0.0622 e. The monoisotopic (exact) mass is 154 g/mol. The molecule has 0 amide bonds. The van der Waals surface area contributed by atoms with Gasteiger partial charge in [0.05, 0.1) is 5.60 Å². The molecule has 64 valence electrons. The van der Waals surface area contributed by atoms with Crippen LogP contribution in [-0.2, 0) is 0 Å². The highest BCUT2D eigenvalue weighted by molar-refractivity contribution is 5.00. The van der Waals surface area contributed by atoms with Crippen molar-refractivity contribution in [2.75, 3.05) is 0 Å². The summed E-state index contributed by atoms with van der Waals surface area (Å²) in [7, 11) is 0. The van der Waals surface area contributed by atoms with Crippen LogP contribution in [0.5, 0.6) is 0 Å². The molecule has 0 saturated carbocycles. The van der Waals surface area contributed by atoms with Gasteiger partial charge in [-0.15, -0.1) is 0 Å². The van der Waals surface area contributed by atoms with Crippen LogP contribution in [0.25, 0.3) is 0 Å². The summed E-state index contributed by atoms with van der Waals surface area (Å²) in [5.41, 5.74) is 1.08. The van der Waals surface area contributed by atoms with E-state index in [1.807, 2.05) is 6.92 Å². The highest BCUT2D eigenvalue weighted by Crippen LogP contribution is 2.24. The average molecular weight is 154 g/mol. The van der Waals surface area contributed by atoms with Crippen LogP contribution in [-0.4, -0.2) is 10.7 Å². The Morgan fingerprint density at radius 3 is 2.91 bits per heavy atom. The zero-order valence-corrected chi connectivity index (χ0v) is 7.56. The molecule has 0 aromatic rings. The Kier molecular flexibility index (Phi) is 2.72. The van der Waals surface area contributed by atoms with Crippen molar-refractivity contribution in [2.24, 2.45) is 0 Å². The summed E-state index contributed by atoms with van der Waals surface area (Å²) in [6, 6.07) is 0. The fourth-order valence-electron chi connectivity index (χ4n) is 1.60. The molecular formula is C10H18O. The van der Waals surface area contributed by atoms with Gasteiger partial charge in [-0.05, 0) is 46.0 Å². The topological polar surface area (TPSA) is 20.2 Å². The van der Waals surface area contributed by atoms with Crippen LogP contribution in [0.4, 0.5) is 0 Å². The maximum absolute atomic E-state index is 9.74. The van der Waals surface area contributed by atoms with Crippen LogP contribution in [0.15, 0.2) is 11.6 Å². The molecule has 1 unspecified atom stereocenters. The van der Waals surface area contributed by atoms with E-state index in [1.165, 1.54) is 5.57 Å². The third-order valence-corrected chi connectivity index (χ3v) is 2.46. The van der Waals surface area contributed by atoms with Crippen molar-refractivity contribution in [3.8, 4) is 0 Å². The molecule has 0 bridgehead atoms. The minimum atomic E-state index is -0.406. The molecule has 0 radical (unpaired) electrons. The Morgan fingerprint density at radius 1 is 1.45 bits per heavy atom. The molecule has 0 aliphatic heterocycles. The van der Waals surface area contributed by atoms with Gasteiger partial charge in [-0.3, -0.25) is 0 Å². The predicted octanol–water partition coefficient (Wildman–Crippen LogP) is 2.65. The second-order valence-corrected chi connectivity index (χ2v) is 3.94. The first kappa shape index (κ1) is 8.79. The third-order valence-electron chi connectivity index (χ3n) is 2.46. The molecule has 0 aromatic heterocycles. The van der Waals surface area contributed by atoms with E-state index in [9.17, 15) is 5.11 Å². The van der Waals surface area contributed by atoms with Crippen LogP contribution in [0, 0.1) is 0 Å². The summed E-state index contributed by atoms with van der Waals surface area (Å²) in [4.78, 5) is 0. The zero-order valence-electron chi connectivity index (χ0n) is 7.56. The third kappa shape index (κ3) is 3.06. The van der Waals surface area contributed by atoms with E-state index < -0.39 is 5.60 Å². The van der Waals surface area contributed by atoms with Crippen LogP contribution in [0.1, 0.15) is 46.0 Å². The fourth-order valence-corrected chi connectivity index (χ4v) is 1.60. The van der Waals surface area contributed by atoms with Gasteiger partial charge in [-0.1, -0.05) is 11.6 Å². The molecule has 0 aromatic carbocycles. The maximum atomic E-state index is 9.74. The largest absolute Gasteiger partial charge is 0.390 e. The van der Waals surface area contributed by atoms with Crippen LogP contribution < -0.4 is 0 Å². The van der Waals surface area contributed by atoms with Crippen molar-refractivity contribution in [1.29, 1.82) is 0 Å². The van der Waals surface area contributed by atoms with Gasteiger partial charge >= 0.3 is 0 Å². The lowest BCUT2D eigenvalue weighted by molar-refractivity contribution is 0.0399. The lowest BCUT2D eigenvalue weighted by atomic mass is 9.89. The van der Waals surface area contributed by atoms with Gasteiger partial charge in [0.2, 0.25) is 0 Å². The average Bonchev–Trinajstić information content (AvgIpc) is 1.83. The first-order valence-corrected chi connectivity index (χ1v) is 4.48. The quantitative estimate of drug-likeness (QED) is 0.532. The number of aliphatic hydroxyl groups is 1. The maximum Gasteiger partial charge on any atom is 0.0622 e. The summed E-state index contributed by atoms with van der Waals surface area (Å²) in [5.74, 6) is 0. The zero-order chi connectivity index (χ0) is 8.32. The van der Waals surface area contributed by atoms with E-state index in [0.717, 1.165) is 32.1 Å². The standard InChI is InChI=1S/C10H18O/c1-9-5-3-7-10(2,11)8-4-6-9/h5,11H,3-4,6-8H2,1-2H3/b9-5-. The Morgan fingerprint density at radius 2 is 2.18 bits per heavy atom. The molecule has 11 heavy (non-hydrogen) atoms. The van der Waals surface area contributed by atoms with Crippen LogP contribution in [0.3, 0.4) is 0 Å². The molecule has 1 N–H and O–H groups in total. The van der Waals surface area contributed by atoms with E-state index in [-0.39, 0.29) is 0 Å². The van der Waals surface area contributed by atoms with Crippen molar-refractivity contribution in [1.82, 2.24) is 0 Å². The molecule has 1 heteroatoms. The lowest BCUT2D eigenvalue weighted by Crippen LogP contribution is -2.24. The Labute approximate surface area is 69.1 Å².